The average molecular weight is 382 g/mol. The summed E-state index contributed by atoms with van der Waals surface area (Å²) < 4.78 is 83.3. The predicted octanol–water partition coefficient (Wildman–Crippen LogP) is 3.65. The fraction of sp³-hybridized carbons (Fsp3) is 0.588. The number of ether oxygens (including phenoxy) is 3. The van der Waals surface area contributed by atoms with Gasteiger partial charge in [-0.1, -0.05) is 6.07 Å². The minimum atomic E-state index is -4.88. The maximum Gasteiger partial charge on any atom is 0.419 e. The van der Waals surface area contributed by atoms with Crippen molar-refractivity contribution in [3.05, 3.63) is 34.9 Å². The fourth-order valence-electron chi connectivity index (χ4n) is 3.28. The van der Waals surface area contributed by atoms with E-state index in [4.69, 9.17) is 14.2 Å². The summed E-state index contributed by atoms with van der Waals surface area (Å²) in [5.74, 6) is -4.72. The van der Waals surface area contributed by atoms with E-state index in [9.17, 15) is 26.7 Å². The van der Waals surface area contributed by atoms with E-state index in [0.717, 1.165) is 26.2 Å². The van der Waals surface area contributed by atoms with Crippen molar-refractivity contribution in [1.29, 1.82) is 0 Å². The van der Waals surface area contributed by atoms with Gasteiger partial charge < -0.3 is 14.2 Å². The average Bonchev–Trinajstić information content (AvgIpc) is 2.87. The number of halogens is 5. The molecule has 2 rings (SSSR count). The van der Waals surface area contributed by atoms with Gasteiger partial charge in [0.15, 0.2) is 23.3 Å². The van der Waals surface area contributed by atoms with E-state index in [1.54, 1.807) is 0 Å². The Kier molecular flexibility index (Phi) is 5.63. The molecule has 0 amide bonds. The summed E-state index contributed by atoms with van der Waals surface area (Å²) in [4.78, 5) is 12.2. The summed E-state index contributed by atoms with van der Waals surface area (Å²) >= 11 is 0. The van der Waals surface area contributed by atoms with Gasteiger partial charge in [0.25, 0.3) is 0 Å². The summed E-state index contributed by atoms with van der Waals surface area (Å²) in [7, 11) is 1.04. The molecule has 0 bridgehead atoms. The Morgan fingerprint density at radius 1 is 1.31 bits per heavy atom. The first kappa shape index (κ1) is 20.6. The van der Waals surface area contributed by atoms with Gasteiger partial charge in [-0.05, 0) is 38.0 Å². The Labute approximate surface area is 147 Å². The van der Waals surface area contributed by atoms with Crippen LogP contribution >= 0.6 is 0 Å². The van der Waals surface area contributed by atoms with Gasteiger partial charge in [0.2, 0.25) is 0 Å². The maximum absolute atomic E-state index is 14.0. The first-order chi connectivity index (χ1) is 12.0. The normalized spacial score (nSPS) is 29.0. The van der Waals surface area contributed by atoms with E-state index in [1.807, 2.05) is 0 Å². The van der Waals surface area contributed by atoms with Crippen LogP contribution < -0.4 is 0 Å². The number of hydrogen-bond donors (Lipinski definition) is 0. The Balaban J connectivity index is 2.64. The zero-order valence-electron chi connectivity index (χ0n) is 14.6. The molecule has 0 spiro atoms. The van der Waals surface area contributed by atoms with Gasteiger partial charge in [-0.25, -0.2) is 13.6 Å². The van der Waals surface area contributed by atoms with E-state index in [-0.39, 0.29) is 17.7 Å². The van der Waals surface area contributed by atoms with Crippen molar-refractivity contribution in [1.82, 2.24) is 0 Å². The third-order valence-electron chi connectivity index (χ3n) is 4.64. The summed E-state index contributed by atoms with van der Waals surface area (Å²) in [6, 6.07) is 1.91. The molecule has 4 nitrogen and oxygen atoms in total. The highest BCUT2D eigenvalue weighted by Gasteiger charge is 2.68. The SMILES string of the molecule is CCOC(=O)[C@H]1O[C@@](C)(C(F)(F)F)[C@@H](OC)[C@H]1c1ccc(F)c(F)c1C. The van der Waals surface area contributed by atoms with Crippen molar-refractivity contribution in [2.75, 3.05) is 13.7 Å². The molecule has 0 aromatic heterocycles. The molecule has 0 aliphatic carbocycles. The second-order valence-electron chi connectivity index (χ2n) is 6.15. The molecule has 9 heteroatoms. The molecule has 1 fully saturated rings. The van der Waals surface area contributed by atoms with Gasteiger partial charge >= 0.3 is 12.1 Å². The van der Waals surface area contributed by atoms with Gasteiger partial charge in [-0.15, -0.1) is 0 Å². The highest BCUT2D eigenvalue weighted by Crippen LogP contribution is 2.51. The van der Waals surface area contributed by atoms with Crippen LogP contribution in [-0.4, -0.2) is 43.7 Å². The zero-order chi connectivity index (χ0) is 19.9. The van der Waals surface area contributed by atoms with Crippen LogP contribution in [0.25, 0.3) is 0 Å². The van der Waals surface area contributed by atoms with Crippen molar-refractivity contribution in [2.24, 2.45) is 0 Å². The van der Waals surface area contributed by atoms with E-state index >= 15 is 0 Å². The molecule has 1 heterocycles. The number of methoxy groups -OCH3 is 1. The Hall–Kier alpha value is -1.74. The molecule has 1 aromatic rings. The van der Waals surface area contributed by atoms with Gasteiger partial charge in [0.05, 0.1) is 12.5 Å². The van der Waals surface area contributed by atoms with E-state index in [1.165, 1.54) is 13.8 Å². The summed E-state index contributed by atoms with van der Waals surface area (Å²) in [5.41, 5.74) is -3.07. The zero-order valence-corrected chi connectivity index (χ0v) is 14.6. The molecule has 0 saturated carbocycles. The molecule has 146 valence electrons. The first-order valence-electron chi connectivity index (χ1n) is 7.88. The lowest BCUT2D eigenvalue weighted by Gasteiger charge is -2.33. The molecule has 1 aromatic carbocycles. The summed E-state index contributed by atoms with van der Waals surface area (Å²) in [6.45, 7) is 3.37. The Morgan fingerprint density at radius 2 is 1.92 bits per heavy atom. The summed E-state index contributed by atoms with van der Waals surface area (Å²) in [6.07, 6.45) is -8.23. The Morgan fingerprint density at radius 3 is 2.42 bits per heavy atom. The topological polar surface area (TPSA) is 44.8 Å². The van der Waals surface area contributed by atoms with E-state index < -0.39 is 47.5 Å². The molecule has 0 N–H and O–H groups in total. The van der Waals surface area contributed by atoms with Gasteiger partial charge in [0.1, 0.15) is 6.10 Å². The van der Waals surface area contributed by atoms with E-state index in [2.05, 4.69) is 0 Å². The molecular weight excluding hydrogens is 363 g/mol. The first-order valence-corrected chi connectivity index (χ1v) is 7.88. The van der Waals surface area contributed by atoms with E-state index in [0.29, 0.717) is 0 Å². The number of carbonyl (C=O) groups excluding carboxylic acids is 1. The molecular formula is C17H19F5O4. The number of rotatable bonds is 4. The smallest absolute Gasteiger partial charge is 0.419 e. The molecule has 0 radical (unpaired) electrons. The number of esters is 1. The van der Waals surface area contributed by atoms with Gasteiger partial charge in [-0.2, -0.15) is 13.2 Å². The standard InChI is InChI=1S/C17H19F5O4/c1-5-25-15(23)13-11(9-6-7-10(18)12(19)8(9)2)14(24-4)16(3,26-13)17(20,21)22/h6-7,11,13-14H,5H2,1-4H3/t11-,13-,14-,16+/m0/s1. The van der Waals surface area contributed by atoms with Gasteiger partial charge in [-0.3, -0.25) is 0 Å². The van der Waals surface area contributed by atoms with Crippen molar-refractivity contribution in [3.63, 3.8) is 0 Å². The molecule has 1 aliphatic heterocycles. The molecule has 1 aliphatic rings. The third-order valence-corrected chi connectivity index (χ3v) is 4.64. The minimum Gasteiger partial charge on any atom is -0.464 e. The lowest BCUT2D eigenvalue weighted by Crippen LogP contribution is -2.51. The second-order valence-corrected chi connectivity index (χ2v) is 6.15. The van der Waals surface area contributed by atoms with Crippen LogP contribution in [0.3, 0.4) is 0 Å². The van der Waals surface area contributed by atoms with Crippen molar-refractivity contribution in [2.45, 2.75) is 50.7 Å². The minimum absolute atomic E-state index is 0.0122. The lowest BCUT2D eigenvalue weighted by molar-refractivity contribution is -0.285. The van der Waals surface area contributed by atoms with Crippen molar-refractivity contribution in [3.8, 4) is 0 Å². The van der Waals surface area contributed by atoms with Crippen LogP contribution in [0.1, 0.15) is 30.9 Å². The molecule has 26 heavy (non-hydrogen) atoms. The predicted molar refractivity (Wildman–Crippen MR) is 80.6 cm³/mol. The maximum atomic E-state index is 14.0. The number of alkyl halides is 3. The Bertz CT molecular complexity index is 690. The number of benzene rings is 1. The van der Waals surface area contributed by atoms with Crippen LogP contribution in [-0.2, 0) is 19.0 Å². The monoisotopic (exact) mass is 382 g/mol. The van der Waals surface area contributed by atoms with Crippen LogP contribution in [0.15, 0.2) is 12.1 Å². The lowest BCUT2D eigenvalue weighted by atomic mass is 9.81. The van der Waals surface area contributed by atoms with Crippen LogP contribution in [0.2, 0.25) is 0 Å². The van der Waals surface area contributed by atoms with Gasteiger partial charge in [0, 0.05) is 7.11 Å². The van der Waals surface area contributed by atoms with Crippen molar-refractivity contribution < 1.29 is 41.0 Å². The van der Waals surface area contributed by atoms with Crippen LogP contribution in [0, 0.1) is 18.6 Å². The fourth-order valence-corrected chi connectivity index (χ4v) is 3.28. The number of hydrogen-bond acceptors (Lipinski definition) is 4. The third kappa shape index (κ3) is 3.18. The van der Waals surface area contributed by atoms with Crippen LogP contribution in [0.5, 0.6) is 0 Å². The van der Waals surface area contributed by atoms with Crippen LogP contribution in [0.4, 0.5) is 22.0 Å². The van der Waals surface area contributed by atoms with Crippen molar-refractivity contribution >= 4 is 5.97 Å². The quantitative estimate of drug-likeness (QED) is 0.589. The highest BCUT2D eigenvalue weighted by atomic mass is 19.4. The highest BCUT2D eigenvalue weighted by molar-refractivity contribution is 5.77. The number of carbonyl (C=O) groups is 1. The molecule has 4 atom stereocenters. The summed E-state index contributed by atoms with van der Waals surface area (Å²) in [5, 5.41) is 0. The second kappa shape index (κ2) is 7.11. The molecule has 1 saturated heterocycles. The molecule has 0 unspecified atom stereocenters. The largest absolute Gasteiger partial charge is 0.464 e.